The van der Waals surface area contributed by atoms with E-state index in [0.29, 0.717) is 0 Å². The zero-order valence-electron chi connectivity index (χ0n) is 16.9. The summed E-state index contributed by atoms with van der Waals surface area (Å²) >= 11 is 0. The predicted octanol–water partition coefficient (Wildman–Crippen LogP) is 3.17. The highest BCUT2D eigenvalue weighted by Crippen LogP contribution is 2.12. The summed E-state index contributed by atoms with van der Waals surface area (Å²) in [6.07, 6.45) is 3.23. The van der Waals surface area contributed by atoms with Crippen LogP contribution in [0.5, 0.6) is 5.75 Å². The summed E-state index contributed by atoms with van der Waals surface area (Å²) in [5, 5.41) is 0. The number of hydrogen-bond acceptors (Lipinski definition) is 2. The van der Waals surface area contributed by atoms with Gasteiger partial charge in [-0.3, -0.25) is 0 Å². The van der Waals surface area contributed by atoms with Crippen LogP contribution in [0.3, 0.4) is 0 Å². The number of ether oxygens (including phenoxy) is 2. The third-order valence-corrected chi connectivity index (χ3v) is 5.02. The summed E-state index contributed by atoms with van der Waals surface area (Å²) in [6, 6.07) is 23.4. The van der Waals surface area contributed by atoms with Gasteiger partial charge in [-0.15, -0.1) is 0 Å². The van der Waals surface area contributed by atoms with Crippen LogP contribution in [0.25, 0.3) is 0 Å². The topological polar surface area (TPSA) is 27.8 Å². The Morgan fingerprint density at radius 2 is 1.68 bits per heavy atom. The molecule has 0 amide bonds. The van der Waals surface area contributed by atoms with Crippen molar-refractivity contribution in [3.8, 4) is 5.75 Å². The van der Waals surface area contributed by atoms with E-state index in [4.69, 9.17) is 9.47 Å². The first-order valence-corrected chi connectivity index (χ1v) is 9.92. The second-order valence-electron chi connectivity index (χ2n) is 7.16. The van der Waals surface area contributed by atoms with Crippen molar-refractivity contribution in [3.05, 3.63) is 89.7 Å². The third kappa shape index (κ3) is 5.98. The smallest absolute Gasteiger partial charge is 0.119 e. The van der Waals surface area contributed by atoms with Crippen molar-refractivity contribution in [1.29, 1.82) is 0 Å². The summed E-state index contributed by atoms with van der Waals surface area (Å²) in [5.41, 5.74) is 3.99. The van der Waals surface area contributed by atoms with Gasteiger partial charge in [0.05, 0.1) is 26.0 Å². The average molecular weight is 380 g/mol. The number of nitrogens with one attached hydrogen (secondary N) is 1. The number of aromatic nitrogens is 1. The number of rotatable bonds is 11. The van der Waals surface area contributed by atoms with Crippen LogP contribution in [0, 0.1) is 0 Å². The van der Waals surface area contributed by atoms with Gasteiger partial charge in [0, 0.05) is 31.8 Å². The summed E-state index contributed by atoms with van der Waals surface area (Å²) in [5.74, 6) is 0.918. The van der Waals surface area contributed by atoms with Crippen LogP contribution in [0.1, 0.15) is 23.2 Å². The Morgan fingerprint density at radius 3 is 2.46 bits per heavy atom. The minimum Gasteiger partial charge on any atom is -0.497 e. The standard InChI is InChI=1S/C24H30N2O2/c1-27-16-8-14-25(18-22-11-6-13-24(17-22)28-2)20-23-12-7-15-26(23)19-21-9-4-3-5-10-21/h3-7,9-13,15,17H,8,14,16,18-20H2,1-2H3/p+1. The predicted molar refractivity (Wildman–Crippen MR) is 113 cm³/mol. The fraction of sp³-hybridized carbons (Fsp3) is 0.333. The summed E-state index contributed by atoms with van der Waals surface area (Å²) in [6.45, 7) is 4.74. The molecular formula is C24H31N2O2+. The molecule has 2 aromatic carbocycles. The van der Waals surface area contributed by atoms with Crippen molar-refractivity contribution < 1.29 is 14.4 Å². The van der Waals surface area contributed by atoms with E-state index in [-0.39, 0.29) is 0 Å². The van der Waals surface area contributed by atoms with Crippen molar-refractivity contribution in [3.63, 3.8) is 0 Å². The van der Waals surface area contributed by atoms with Crippen LogP contribution in [-0.4, -0.2) is 31.9 Å². The Morgan fingerprint density at radius 1 is 0.857 bits per heavy atom. The first-order chi connectivity index (χ1) is 13.8. The lowest BCUT2D eigenvalue weighted by Gasteiger charge is -2.21. The maximum atomic E-state index is 5.39. The summed E-state index contributed by atoms with van der Waals surface area (Å²) < 4.78 is 13.0. The summed E-state index contributed by atoms with van der Waals surface area (Å²) in [7, 11) is 3.49. The molecule has 0 aliphatic rings. The zero-order chi connectivity index (χ0) is 19.6. The van der Waals surface area contributed by atoms with E-state index in [0.717, 1.165) is 45.0 Å². The lowest BCUT2D eigenvalue weighted by atomic mass is 10.2. The van der Waals surface area contributed by atoms with Gasteiger partial charge in [-0.25, -0.2) is 0 Å². The van der Waals surface area contributed by atoms with Gasteiger partial charge in [0.1, 0.15) is 18.8 Å². The van der Waals surface area contributed by atoms with E-state index >= 15 is 0 Å². The largest absolute Gasteiger partial charge is 0.497 e. The Bertz CT molecular complexity index is 829. The molecule has 1 aromatic heterocycles. The van der Waals surface area contributed by atoms with Crippen molar-refractivity contribution in [2.45, 2.75) is 26.1 Å². The fourth-order valence-corrected chi connectivity index (χ4v) is 3.58. The van der Waals surface area contributed by atoms with Crippen LogP contribution in [0.15, 0.2) is 72.9 Å². The Balaban J connectivity index is 1.71. The van der Waals surface area contributed by atoms with Gasteiger partial charge < -0.3 is 18.9 Å². The van der Waals surface area contributed by atoms with Gasteiger partial charge >= 0.3 is 0 Å². The molecular weight excluding hydrogens is 348 g/mol. The van der Waals surface area contributed by atoms with Gasteiger partial charge in [-0.05, 0) is 29.8 Å². The first kappa shape index (κ1) is 20.2. The zero-order valence-corrected chi connectivity index (χ0v) is 16.9. The molecule has 0 aliphatic carbocycles. The van der Waals surface area contributed by atoms with Gasteiger partial charge in [0.25, 0.3) is 0 Å². The van der Waals surface area contributed by atoms with Gasteiger partial charge in [-0.2, -0.15) is 0 Å². The molecule has 4 heteroatoms. The highest BCUT2D eigenvalue weighted by molar-refractivity contribution is 5.27. The fourth-order valence-electron chi connectivity index (χ4n) is 3.58. The lowest BCUT2D eigenvalue weighted by molar-refractivity contribution is -0.928. The van der Waals surface area contributed by atoms with E-state index in [2.05, 4.69) is 71.4 Å². The third-order valence-electron chi connectivity index (χ3n) is 5.02. The molecule has 3 aromatic rings. The number of methoxy groups -OCH3 is 2. The molecule has 0 aliphatic heterocycles. The van der Waals surface area contributed by atoms with Crippen LogP contribution < -0.4 is 9.64 Å². The van der Waals surface area contributed by atoms with Gasteiger partial charge in [0.15, 0.2) is 0 Å². The van der Waals surface area contributed by atoms with Crippen LogP contribution in [0.4, 0.5) is 0 Å². The molecule has 3 rings (SSSR count). The molecule has 1 N–H and O–H groups in total. The number of quaternary nitrogens is 1. The minimum atomic E-state index is 0.798. The normalized spacial score (nSPS) is 12.1. The van der Waals surface area contributed by atoms with Gasteiger partial charge in [0.2, 0.25) is 0 Å². The molecule has 1 atom stereocenters. The van der Waals surface area contributed by atoms with Crippen LogP contribution in [-0.2, 0) is 24.4 Å². The quantitative estimate of drug-likeness (QED) is 0.518. The maximum Gasteiger partial charge on any atom is 0.119 e. The Labute approximate surface area is 168 Å². The Hall–Kier alpha value is -2.56. The molecule has 0 saturated heterocycles. The van der Waals surface area contributed by atoms with E-state index in [1.54, 1.807) is 14.2 Å². The van der Waals surface area contributed by atoms with Crippen molar-refractivity contribution in [2.75, 3.05) is 27.4 Å². The number of benzene rings is 2. The second-order valence-corrected chi connectivity index (χ2v) is 7.16. The van der Waals surface area contributed by atoms with E-state index in [1.165, 1.54) is 21.7 Å². The van der Waals surface area contributed by atoms with Gasteiger partial charge in [-0.1, -0.05) is 42.5 Å². The highest BCUT2D eigenvalue weighted by atomic mass is 16.5. The molecule has 0 spiro atoms. The minimum absolute atomic E-state index is 0.798. The molecule has 28 heavy (non-hydrogen) atoms. The Kier molecular flexibility index (Phi) is 7.71. The molecule has 0 fully saturated rings. The van der Waals surface area contributed by atoms with Crippen molar-refractivity contribution in [1.82, 2.24) is 4.57 Å². The monoisotopic (exact) mass is 379 g/mol. The molecule has 0 saturated carbocycles. The van der Waals surface area contributed by atoms with Crippen LogP contribution >= 0.6 is 0 Å². The first-order valence-electron chi connectivity index (χ1n) is 9.92. The van der Waals surface area contributed by atoms with E-state index in [9.17, 15) is 0 Å². The van der Waals surface area contributed by atoms with E-state index in [1.807, 2.05) is 6.07 Å². The molecule has 4 nitrogen and oxygen atoms in total. The molecule has 1 unspecified atom stereocenters. The molecule has 0 radical (unpaired) electrons. The molecule has 0 bridgehead atoms. The molecule has 1 heterocycles. The highest BCUT2D eigenvalue weighted by Gasteiger charge is 2.14. The van der Waals surface area contributed by atoms with Crippen molar-refractivity contribution in [2.24, 2.45) is 0 Å². The summed E-state index contributed by atoms with van der Waals surface area (Å²) in [4.78, 5) is 1.53. The van der Waals surface area contributed by atoms with Crippen LogP contribution in [0.2, 0.25) is 0 Å². The SMILES string of the molecule is COCCC[NH+](Cc1cccc(OC)c1)Cc1cccn1Cc1ccccc1. The lowest BCUT2D eigenvalue weighted by Crippen LogP contribution is -3.09. The number of hydrogen-bond donors (Lipinski definition) is 1. The second kappa shape index (κ2) is 10.7. The number of nitrogens with zero attached hydrogens (tertiary/aromatic N) is 1. The van der Waals surface area contributed by atoms with Crippen molar-refractivity contribution >= 4 is 0 Å². The van der Waals surface area contributed by atoms with E-state index < -0.39 is 0 Å². The average Bonchev–Trinajstić information content (AvgIpc) is 3.15. The molecule has 148 valence electrons. The maximum absolute atomic E-state index is 5.39.